The molecule has 0 saturated carbocycles. The van der Waals surface area contributed by atoms with Crippen molar-refractivity contribution >= 4 is 11.0 Å². The second-order valence-electron chi connectivity index (χ2n) is 5.18. The van der Waals surface area contributed by atoms with E-state index in [9.17, 15) is 5.11 Å². The van der Waals surface area contributed by atoms with Crippen LogP contribution in [0.3, 0.4) is 0 Å². The monoisotopic (exact) mass is 267 g/mol. The Hall–Kier alpha value is -2.13. The summed E-state index contributed by atoms with van der Waals surface area (Å²) in [4.78, 5) is 4.31. The molecule has 3 aromatic rings. The maximum atomic E-state index is 10.3. The van der Waals surface area contributed by atoms with Crippen LogP contribution in [-0.2, 0) is 6.42 Å². The van der Waals surface area contributed by atoms with Crippen molar-refractivity contribution in [3.63, 3.8) is 0 Å². The molecule has 2 aromatic heterocycles. The van der Waals surface area contributed by atoms with Gasteiger partial charge in [-0.2, -0.15) is 0 Å². The van der Waals surface area contributed by atoms with Crippen LogP contribution >= 0.6 is 0 Å². The number of rotatable bonds is 3. The Kier molecular flexibility index (Phi) is 3.28. The topological polar surface area (TPSA) is 46.3 Å². The second-order valence-corrected chi connectivity index (χ2v) is 5.18. The molecule has 20 heavy (non-hydrogen) atoms. The summed E-state index contributed by atoms with van der Waals surface area (Å²) in [7, 11) is 0. The molecule has 1 aromatic carbocycles. The first kappa shape index (κ1) is 12.9. The molecular weight excluding hydrogens is 250 g/mol. The van der Waals surface area contributed by atoms with E-state index in [1.807, 2.05) is 44.2 Å². The van der Waals surface area contributed by atoms with Gasteiger partial charge in [-0.25, -0.2) is 0 Å². The summed E-state index contributed by atoms with van der Waals surface area (Å²) in [5.41, 5.74) is 3.97. The Balaban J connectivity index is 1.89. The van der Waals surface area contributed by atoms with Gasteiger partial charge in [-0.15, -0.1) is 0 Å². The third-order valence-corrected chi connectivity index (χ3v) is 3.52. The van der Waals surface area contributed by atoms with Gasteiger partial charge in [0, 0.05) is 23.7 Å². The zero-order valence-electron chi connectivity index (χ0n) is 11.6. The van der Waals surface area contributed by atoms with Crippen molar-refractivity contribution in [1.82, 2.24) is 4.98 Å². The molecule has 0 fully saturated rings. The van der Waals surface area contributed by atoms with Gasteiger partial charge in [0.2, 0.25) is 0 Å². The zero-order chi connectivity index (χ0) is 14.1. The lowest BCUT2D eigenvalue weighted by Crippen LogP contribution is -2.03. The number of aryl methyl sites for hydroxylation is 2. The summed E-state index contributed by atoms with van der Waals surface area (Å²) in [6.45, 7) is 4.04. The lowest BCUT2D eigenvalue weighted by Gasteiger charge is -2.08. The SMILES string of the molecule is Cc1ccc2oc(C(O)Cc3ncccc3C)cc2c1. The predicted molar refractivity (Wildman–Crippen MR) is 78.6 cm³/mol. The van der Waals surface area contributed by atoms with E-state index in [2.05, 4.69) is 11.1 Å². The van der Waals surface area contributed by atoms with Gasteiger partial charge in [0.05, 0.1) is 0 Å². The number of aliphatic hydroxyl groups excluding tert-OH is 1. The highest BCUT2D eigenvalue weighted by atomic mass is 16.4. The van der Waals surface area contributed by atoms with Crippen molar-refractivity contribution < 1.29 is 9.52 Å². The van der Waals surface area contributed by atoms with E-state index in [0.717, 1.165) is 22.2 Å². The predicted octanol–water partition coefficient (Wildman–Crippen LogP) is 3.72. The number of nitrogens with zero attached hydrogens (tertiary/aromatic N) is 1. The largest absolute Gasteiger partial charge is 0.458 e. The summed E-state index contributed by atoms with van der Waals surface area (Å²) < 4.78 is 5.72. The Morgan fingerprint density at radius 3 is 2.85 bits per heavy atom. The van der Waals surface area contributed by atoms with Crippen LogP contribution in [0.2, 0.25) is 0 Å². The fourth-order valence-corrected chi connectivity index (χ4v) is 2.36. The number of aromatic nitrogens is 1. The van der Waals surface area contributed by atoms with Gasteiger partial charge in [0.1, 0.15) is 17.4 Å². The molecule has 3 heteroatoms. The molecule has 0 aliphatic rings. The lowest BCUT2D eigenvalue weighted by molar-refractivity contribution is 0.151. The van der Waals surface area contributed by atoms with Gasteiger partial charge in [0.25, 0.3) is 0 Å². The number of aliphatic hydroxyl groups is 1. The zero-order valence-corrected chi connectivity index (χ0v) is 11.6. The molecule has 3 rings (SSSR count). The molecular formula is C17H17NO2. The van der Waals surface area contributed by atoms with E-state index in [1.165, 1.54) is 5.56 Å². The summed E-state index contributed by atoms with van der Waals surface area (Å²) in [5, 5.41) is 11.4. The molecule has 1 unspecified atom stereocenters. The normalized spacial score (nSPS) is 12.8. The van der Waals surface area contributed by atoms with Crippen LogP contribution in [0.25, 0.3) is 11.0 Å². The summed E-state index contributed by atoms with van der Waals surface area (Å²) in [5.74, 6) is 0.593. The van der Waals surface area contributed by atoms with E-state index in [-0.39, 0.29) is 0 Å². The highest BCUT2D eigenvalue weighted by Crippen LogP contribution is 2.27. The first-order chi connectivity index (χ1) is 9.63. The molecule has 1 atom stereocenters. The van der Waals surface area contributed by atoms with Gasteiger partial charge >= 0.3 is 0 Å². The van der Waals surface area contributed by atoms with E-state index < -0.39 is 6.10 Å². The summed E-state index contributed by atoms with van der Waals surface area (Å²) in [6.07, 6.45) is 1.54. The maximum Gasteiger partial charge on any atom is 0.134 e. The molecule has 0 aliphatic heterocycles. The second kappa shape index (κ2) is 5.10. The van der Waals surface area contributed by atoms with E-state index in [0.29, 0.717) is 12.2 Å². The van der Waals surface area contributed by atoms with Crippen molar-refractivity contribution in [2.45, 2.75) is 26.4 Å². The Bertz CT molecular complexity index is 746. The van der Waals surface area contributed by atoms with Crippen molar-refractivity contribution in [1.29, 1.82) is 0 Å². The molecule has 0 radical (unpaired) electrons. The van der Waals surface area contributed by atoms with Crippen LogP contribution in [-0.4, -0.2) is 10.1 Å². The van der Waals surface area contributed by atoms with E-state index in [4.69, 9.17) is 4.42 Å². The average Bonchev–Trinajstić information content (AvgIpc) is 2.84. The fourth-order valence-electron chi connectivity index (χ4n) is 2.36. The number of hydrogen-bond donors (Lipinski definition) is 1. The van der Waals surface area contributed by atoms with Gasteiger partial charge in [-0.3, -0.25) is 4.98 Å². The molecule has 0 saturated heterocycles. The first-order valence-electron chi connectivity index (χ1n) is 6.72. The molecule has 1 N–H and O–H groups in total. The van der Waals surface area contributed by atoms with Crippen LogP contribution in [0, 0.1) is 13.8 Å². The van der Waals surface area contributed by atoms with Crippen LogP contribution < -0.4 is 0 Å². The lowest BCUT2D eigenvalue weighted by atomic mass is 10.1. The quantitative estimate of drug-likeness (QED) is 0.786. The minimum absolute atomic E-state index is 0.464. The molecule has 2 heterocycles. The van der Waals surface area contributed by atoms with Crippen molar-refractivity contribution in [2.75, 3.05) is 0 Å². The molecule has 0 spiro atoms. The first-order valence-corrected chi connectivity index (χ1v) is 6.72. The van der Waals surface area contributed by atoms with Gasteiger partial charge in [-0.1, -0.05) is 17.7 Å². The minimum Gasteiger partial charge on any atom is -0.458 e. The highest BCUT2D eigenvalue weighted by molar-refractivity contribution is 5.78. The van der Waals surface area contributed by atoms with Gasteiger partial charge in [-0.05, 0) is 43.7 Å². The summed E-state index contributed by atoms with van der Waals surface area (Å²) >= 11 is 0. The number of pyridine rings is 1. The van der Waals surface area contributed by atoms with Crippen LogP contribution in [0.15, 0.2) is 47.0 Å². The molecule has 3 nitrogen and oxygen atoms in total. The molecule has 0 amide bonds. The Morgan fingerprint density at radius 2 is 2.05 bits per heavy atom. The molecule has 0 aliphatic carbocycles. The smallest absolute Gasteiger partial charge is 0.134 e. The van der Waals surface area contributed by atoms with Crippen molar-refractivity contribution in [3.8, 4) is 0 Å². The number of hydrogen-bond acceptors (Lipinski definition) is 3. The van der Waals surface area contributed by atoms with E-state index in [1.54, 1.807) is 6.20 Å². The van der Waals surface area contributed by atoms with Crippen LogP contribution in [0.4, 0.5) is 0 Å². The standard InChI is InChI=1S/C17H17NO2/c1-11-5-6-16-13(8-11)9-17(20-16)15(19)10-14-12(2)4-3-7-18-14/h3-9,15,19H,10H2,1-2H3. The maximum absolute atomic E-state index is 10.3. The number of fused-ring (bicyclic) bond motifs is 1. The van der Waals surface area contributed by atoms with Crippen LogP contribution in [0.1, 0.15) is 28.7 Å². The fraction of sp³-hybridized carbons (Fsp3) is 0.235. The van der Waals surface area contributed by atoms with Gasteiger partial charge in [0.15, 0.2) is 0 Å². The Morgan fingerprint density at radius 1 is 1.20 bits per heavy atom. The number of furan rings is 1. The van der Waals surface area contributed by atoms with Gasteiger partial charge < -0.3 is 9.52 Å². The van der Waals surface area contributed by atoms with Crippen molar-refractivity contribution in [3.05, 3.63) is 65.2 Å². The molecule has 102 valence electrons. The summed E-state index contributed by atoms with van der Waals surface area (Å²) in [6, 6.07) is 11.8. The Labute approximate surface area is 117 Å². The third-order valence-electron chi connectivity index (χ3n) is 3.52. The minimum atomic E-state index is -0.670. The third kappa shape index (κ3) is 2.45. The average molecular weight is 267 g/mol. The highest BCUT2D eigenvalue weighted by Gasteiger charge is 2.15. The van der Waals surface area contributed by atoms with Crippen LogP contribution in [0.5, 0.6) is 0 Å². The number of benzene rings is 1. The van der Waals surface area contributed by atoms with Crippen molar-refractivity contribution in [2.24, 2.45) is 0 Å². The molecule has 0 bridgehead atoms. The van der Waals surface area contributed by atoms with E-state index >= 15 is 0 Å².